The fourth-order valence-electron chi connectivity index (χ4n) is 3.38. The number of nitrogens with zero attached hydrogens (tertiary/aromatic N) is 4. The molecule has 2 N–H and O–H groups in total. The third kappa shape index (κ3) is 6.58. The number of hydrogen-bond donors (Lipinski definition) is 2. The van der Waals surface area contributed by atoms with Crippen LogP contribution in [0.3, 0.4) is 0 Å². The van der Waals surface area contributed by atoms with Gasteiger partial charge in [0.2, 0.25) is 0 Å². The summed E-state index contributed by atoms with van der Waals surface area (Å²) in [5, 5.41) is 18.1. The van der Waals surface area contributed by atoms with E-state index in [1.807, 2.05) is 64.1 Å². The minimum absolute atomic E-state index is 0.0577. The zero-order valence-electron chi connectivity index (χ0n) is 19.3. The standard InChI is InChI=1S/C24H30ClFN6O/c1-15(2)23-29-30-31-32(23)22-10-19(18-7-5-16(3)6-8-18)9-20(11-22)24(33)28-17(4)13-27-14-21(26)12-25/h5-11,15,17,21,27H,12-14H2,1-4H3,(H,28,33)/t17-,21?/m1/s1. The number of carbonyl (C=O) groups excluding carboxylic acids is 1. The summed E-state index contributed by atoms with van der Waals surface area (Å²) in [5.41, 5.74) is 4.22. The van der Waals surface area contributed by atoms with Gasteiger partial charge >= 0.3 is 0 Å². The van der Waals surface area contributed by atoms with Crippen molar-refractivity contribution in [3.8, 4) is 16.8 Å². The van der Waals surface area contributed by atoms with Gasteiger partial charge in [-0.2, -0.15) is 4.68 Å². The predicted molar refractivity (Wildman–Crippen MR) is 129 cm³/mol. The van der Waals surface area contributed by atoms with Gasteiger partial charge < -0.3 is 10.6 Å². The van der Waals surface area contributed by atoms with Crippen LogP contribution in [0, 0.1) is 6.92 Å². The number of alkyl halides is 2. The molecule has 9 heteroatoms. The quantitative estimate of drug-likeness (QED) is 0.435. The van der Waals surface area contributed by atoms with Crippen LogP contribution in [0.2, 0.25) is 0 Å². The van der Waals surface area contributed by atoms with Crippen LogP contribution in [0.4, 0.5) is 4.39 Å². The highest BCUT2D eigenvalue weighted by Crippen LogP contribution is 2.26. The predicted octanol–water partition coefficient (Wildman–Crippen LogP) is 4.05. The maximum atomic E-state index is 13.3. The molecule has 0 bridgehead atoms. The van der Waals surface area contributed by atoms with Crippen LogP contribution in [0.5, 0.6) is 0 Å². The van der Waals surface area contributed by atoms with Crippen molar-refractivity contribution in [1.29, 1.82) is 0 Å². The van der Waals surface area contributed by atoms with Crippen molar-refractivity contribution in [2.24, 2.45) is 0 Å². The van der Waals surface area contributed by atoms with Crippen molar-refractivity contribution >= 4 is 17.5 Å². The maximum Gasteiger partial charge on any atom is 0.251 e. The number of aryl methyl sites for hydroxylation is 1. The largest absolute Gasteiger partial charge is 0.348 e. The Morgan fingerprint density at radius 3 is 2.48 bits per heavy atom. The monoisotopic (exact) mass is 472 g/mol. The Balaban J connectivity index is 1.90. The molecule has 0 aliphatic heterocycles. The number of rotatable bonds is 10. The van der Waals surface area contributed by atoms with Gasteiger partial charge in [0.25, 0.3) is 5.91 Å². The lowest BCUT2D eigenvalue weighted by atomic mass is 10.00. The van der Waals surface area contributed by atoms with Crippen molar-refractivity contribution < 1.29 is 9.18 Å². The van der Waals surface area contributed by atoms with E-state index in [0.29, 0.717) is 23.6 Å². The molecule has 33 heavy (non-hydrogen) atoms. The number of aromatic nitrogens is 4. The summed E-state index contributed by atoms with van der Waals surface area (Å²) in [7, 11) is 0. The van der Waals surface area contributed by atoms with Gasteiger partial charge in [0.15, 0.2) is 5.82 Å². The lowest BCUT2D eigenvalue weighted by molar-refractivity contribution is 0.0939. The molecule has 176 valence electrons. The van der Waals surface area contributed by atoms with Gasteiger partial charge in [-0.25, -0.2) is 4.39 Å². The summed E-state index contributed by atoms with van der Waals surface area (Å²) in [6.45, 7) is 8.50. The topological polar surface area (TPSA) is 84.7 Å². The second-order valence-electron chi connectivity index (χ2n) is 8.52. The second-order valence-corrected chi connectivity index (χ2v) is 8.83. The van der Waals surface area contributed by atoms with Crippen molar-refractivity contribution in [3.05, 3.63) is 59.4 Å². The SMILES string of the molecule is Cc1ccc(-c2cc(C(=O)N[C@H](C)CNCC(F)CCl)cc(-n3nnnc3C(C)C)c2)cc1. The fourth-order valence-corrected chi connectivity index (χ4v) is 3.49. The molecule has 1 unspecified atom stereocenters. The molecule has 1 aromatic heterocycles. The molecule has 1 amide bonds. The summed E-state index contributed by atoms with van der Waals surface area (Å²) in [6, 6.07) is 13.5. The van der Waals surface area contributed by atoms with Crippen LogP contribution in [0.25, 0.3) is 16.8 Å². The summed E-state index contributed by atoms with van der Waals surface area (Å²) < 4.78 is 15.0. The summed E-state index contributed by atoms with van der Waals surface area (Å²) in [5.74, 6) is 0.532. The van der Waals surface area contributed by atoms with Crippen molar-refractivity contribution in [2.45, 2.75) is 45.8 Å². The number of nitrogens with one attached hydrogen (secondary N) is 2. The molecule has 3 aromatic rings. The minimum atomic E-state index is -1.12. The first kappa shape index (κ1) is 24.8. The highest BCUT2D eigenvalue weighted by atomic mass is 35.5. The van der Waals surface area contributed by atoms with E-state index < -0.39 is 6.17 Å². The molecule has 0 spiro atoms. The lowest BCUT2D eigenvalue weighted by Crippen LogP contribution is -2.41. The molecule has 1 heterocycles. The van der Waals surface area contributed by atoms with Gasteiger partial charge in [0.1, 0.15) is 6.17 Å². The molecule has 2 atom stereocenters. The second kappa shape index (κ2) is 11.3. The van der Waals surface area contributed by atoms with Gasteiger partial charge in [0, 0.05) is 30.6 Å². The Morgan fingerprint density at radius 2 is 1.82 bits per heavy atom. The van der Waals surface area contributed by atoms with E-state index in [-0.39, 0.29) is 30.3 Å². The van der Waals surface area contributed by atoms with E-state index in [1.54, 1.807) is 10.7 Å². The normalized spacial score (nSPS) is 13.2. The Morgan fingerprint density at radius 1 is 1.09 bits per heavy atom. The zero-order valence-corrected chi connectivity index (χ0v) is 20.1. The molecule has 0 aliphatic rings. The van der Waals surface area contributed by atoms with Crippen LogP contribution in [0.15, 0.2) is 42.5 Å². The number of amides is 1. The van der Waals surface area contributed by atoms with Crippen LogP contribution < -0.4 is 10.6 Å². The molecule has 0 fully saturated rings. The lowest BCUT2D eigenvalue weighted by Gasteiger charge is -2.17. The van der Waals surface area contributed by atoms with E-state index in [9.17, 15) is 9.18 Å². The number of hydrogen-bond acceptors (Lipinski definition) is 5. The number of halogens is 2. The Labute approximate surface area is 198 Å². The third-order valence-corrected chi connectivity index (χ3v) is 5.52. The van der Waals surface area contributed by atoms with Crippen LogP contribution in [0.1, 0.15) is 48.4 Å². The molecule has 0 saturated carbocycles. The van der Waals surface area contributed by atoms with E-state index in [2.05, 4.69) is 26.2 Å². The molecule has 3 rings (SSSR count). The number of benzene rings is 2. The number of carbonyl (C=O) groups is 1. The average Bonchev–Trinajstić information content (AvgIpc) is 3.29. The maximum absolute atomic E-state index is 13.3. The Kier molecular flexibility index (Phi) is 8.52. The van der Waals surface area contributed by atoms with E-state index in [1.165, 1.54) is 0 Å². The molecule has 0 radical (unpaired) electrons. The highest BCUT2D eigenvalue weighted by molar-refractivity contribution is 6.18. The molecule has 2 aromatic carbocycles. The van der Waals surface area contributed by atoms with Gasteiger partial charge in [-0.3, -0.25) is 4.79 Å². The van der Waals surface area contributed by atoms with Gasteiger partial charge in [-0.05, 0) is 53.6 Å². The molecule has 0 aliphatic carbocycles. The molecular weight excluding hydrogens is 443 g/mol. The van der Waals surface area contributed by atoms with E-state index >= 15 is 0 Å². The van der Waals surface area contributed by atoms with Crippen molar-refractivity contribution in [3.63, 3.8) is 0 Å². The first-order valence-corrected chi connectivity index (χ1v) is 11.5. The molecule has 7 nitrogen and oxygen atoms in total. The summed E-state index contributed by atoms with van der Waals surface area (Å²) in [4.78, 5) is 13.1. The van der Waals surface area contributed by atoms with Crippen molar-refractivity contribution in [2.75, 3.05) is 19.0 Å². The highest BCUT2D eigenvalue weighted by Gasteiger charge is 2.17. The Hall–Kier alpha value is -2.84. The average molecular weight is 473 g/mol. The minimum Gasteiger partial charge on any atom is -0.348 e. The first-order valence-electron chi connectivity index (χ1n) is 11.0. The number of tetrazole rings is 1. The molecule has 0 saturated heterocycles. The zero-order chi connectivity index (χ0) is 24.0. The van der Waals surface area contributed by atoms with Crippen LogP contribution >= 0.6 is 11.6 Å². The third-order valence-electron chi connectivity index (χ3n) is 5.18. The Bertz CT molecular complexity index is 1070. The summed E-state index contributed by atoms with van der Waals surface area (Å²) in [6.07, 6.45) is -1.12. The summed E-state index contributed by atoms with van der Waals surface area (Å²) >= 11 is 5.49. The first-order chi connectivity index (χ1) is 15.8. The molecular formula is C24H30ClFN6O. The van der Waals surface area contributed by atoms with Crippen LogP contribution in [-0.2, 0) is 0 Å². The smallest absolute Gasteiger partial charge is 0.251 e. The van der Waals surface area contributed by atoms with E-state index in [4.69, 9.17) is 11.6 Å². The van der Waals surface area contributed by atoms with Crippen molar-refractivity contribution in [1.82, 2.24) is 30.8 Å². The van der Waals surface area contributed by atoms with Crippen LogP contribution in [-0.4, -0.2) is 57.3 Å². The fraction of sp³-hybridized carbons (Fsp3) is 0.417. The van der Waals surface area contributed by atoms with Gasteiger partial charge in [-0.1, -0.05) is 43.7 Å². The van der Waals surface area contributed by atoms with Gasteiger partial charge in [-0.15, -0.1) is 16.7 Å². The van der Waals surface area contributed by atoms with E-state index in [0.717, 1.165) is 16.7 Å². The van der Waals surface area contributed by atoms with Gasteiger partial charge in [0.05, 0.1) is 11.6 Å².